The molecular weight excluding hydrogens is 418 g/mol. The number of thiazole rings is 1. The predicted octanol–water partition coefficient (Wildman–Crippen LogP) is 1.77. The molecule has 1 saturated heterocycles. The van der Waals surface area contributed by atoms with Crippen LogP contribution < -0.4 is 5.32 Å². The van der Waals surface area contributed by atoms with E-state index >= 15 is 0 Å². The molecule has 1 aromatic carbocycles. The Balaban J connectivity index is 1.45. The van der Waals surface area contributed by atoms with Crippen molar-refractivity contribution in [3.8, 4) is 11.6 Å². The van der Waals surface area contributed by atoms with Crippen LogP contribution in [0.4, 0.5) is 6.01 Å². The van der Waals surface area contributed by atoms with Crippen LogP contribution in [0.2, 0.25) is 0 Å². The van der Waals surface area contributed by atoms with Gasteiger partial charge in [0.25, 0.3) is 11.8 Å². The van der Waals surface area contributed by atoms with Gasteiger partial charge in [0.2, 0.25) is 10.0 Å². The summed E-state index contributed by atoms with van der Waals surface area (Å²) in [4.78, 5) is 16.8. The fourth-order valence-corrected chi connectivity index (χ4v) is 4.72. The van der Waals surface area contributed by atoms with E-state index in [4.69, 9.17) is 9.15 Å². The average Bonchev–Trinajstić information content (AvgIpc) is 3.37. The first-order valence-electron chi connectivity index (χ1n) is 8.69. The van der Waals surface area contributed by atoms with Crippen LogP contribution in [-0.2, 0) is 14.8 Å². The number of amides is 1. The van der Waals surface area contributed by atoms with Crippen LogP contribution >= 0.6 is 11.3 Å². The summed E-state index contributed by atoms with van der Waals surface area (Å²) < 4.78 is 37.2. The van der Waals surface area contributed by atoms with Gasteiger partial charge in [-0.1, -0.05) is 5.10 Å². The highest BCUT2D eigenvalue weighted by Crippen LogP contribution is 2.22. The number of rotatable bonds is 5. The molecule has 1 fully saturated rings. The van der Waals surface area contributed by atoms with Crippen molar-refractivity contribution < 1.29 is 22.4 Å². The number of sulfonamides is 1. The van der Waals surface area contributed by atoms with Gasteiger partial charge in [0.05, 0.1) is 23.1 Å². The summed E-state index contributed by atoms with van der Waals surface area (Å²) in [5.41, 5.74) is 0.799. The Hall–Kier alpha value is -2.67. The van der Waals surface area contributed by atoms with E-state index in [-0.39, 0.29) is 22.4 Å². The molecule has 0 saturated carbocycles. The largest absolute Gasteiger partial charge is 0.401 e. The van der Waals surface area contributed by atoms with Gasteiger partial charge in [0.1, 0.15) is 5.69 Å². The van der Waals surface area contributed by atoms with Crippen LogP contribution in [0.1, 0.15) is 15.4 Å². The third-order valence-corrected chi connectivity index (χ3v) is 6.89. The Morgan fingerprint density at radius 2 is 1.90 bits per heavy atom. The first-order chi connectivity index (χ1) is 13.9. The number of anilines is 1. The van der Waals surface area contributed by atoms with Gasteiger partial charge in [-0.15, -0.1) is 16.4 Å². The van der Waals surface area contributed by atoms with Gasteiger partial charge in [-0.2, -0.15) is 4.31 Å². The molecule has 0 bridgehead atoms. The molecule has 1 amide bonds. The summed E-state index contributed by atoms with van der Waals surface area (Å²) in [6.45, 7) is 3.21. The SMILES string of the molecule is Cc1nc(-c2nnc(NC(=O)c3ccc(S(=O)(=O)N4CCOCC4)cc3)o2)cs1. The van der Waals surface area contributed by atoms with Crippen LogP contribution in [0.5, 0.6) is 0 Å². The number of hydrogen-bond acceptors (Lipinski definition) is 9. The van der Waals surface area contributed by atoms with Crippen LogP contribution in [0.3, 0.4) is 0 Å². The van der Waals surface area contributed by atoms with Gasteiger partial charge < -0.3 is 9.15 Å². The predicted molar refractivity (Wildman–Crippen MR) is 104 cm³/mol. The molecule has 0 aliphatic carbocycles. The van der Waals surface area contributed by atoms with Crippen molar-refractivity contribution in [2.45, 2.75) is 11.8 Å². The van der Waals surface area contributed by atoms with E-state index < -0.39 is 15.9 Å². The smallest absolute Gasteiger partial charge is 0.322 e. The zero-order valence-electron chi connectivity index (χ0n) is 15.4. The number of ether oxygens (including phenoxy) is 1. The molecule has 4 rings (SSSR count). The number of carbonyl (C=O) groups excluding carboxylic acids is 1. The molecule has 12 heteroatoms. The van der Waals surface area contributed by atoms with E-state index in [0.29, 0.717) is 32.0 Å². The first kappa shape index (κ1) is 19.6. The summed E-state index contributed by atoms with van der Waals surface area (Å²) in [7, 11) is -3.61. The van der Waals surface area contributed by atoms with Gasteiger partial charge in [0, 0.05) is 24.0 Å². The minimum atomic E-state index is -3.61. The minimum absolute atomic E-state index is 0.0688. The zero-order valence-corrected chi connectivity index (χ0v) is 17.0. The molecule has 1 aliphatic heterocycles. The summed E-state index contributed by atoms with van der Waals surface area (Å²) in [6, 6.07) is 5.60. The number of aryl methyl sites for hydroxylation is 1. The molecule has 3 heterocycles. The monoisotopic (exact) mass is 435 g/mol. The topological polar surface area (TPSA) is 128 Å². The second-order valence-electron chi connectivity index (χ2n) is 6.16. The van der Waals surface area contributed by atoms with Crippen molar-refractivity contribution in [1.29, 1.82) is 0 Å². The fourth-order valence-electron chi connectivity index (χ4n) is 2.72. The third-order valence-electron chi connectivity index (χ3n) is 4.21. The van der Waals surface area contributed by atoms with Gasteiger partial charge in [-0.3, -0.25) is 10.1 Å². The quantitative estimate of drug-likeness (QED) is 0.642. The Morgan fingerprint density at radius 3 is 2.55 bits per heavy atom. The van der Waals surface area contributed by atoms with Crippen LogP contribution in [0.25, 0.3) is 11.6 Å². The highest BCUT2D eigenvalue weighted by Gasteiger charge is 2.26. The van der Waals surface area contributed by atoms with Gasteiger partial charge >= 0.3 is 6.01 Å². The Kier molecular flexibility index (Phi) is 5.41. The van der Waals surface area contributed by atoms with Gasteiger partial charge in [-0.25, -0.2) is 13.4 Å². The Labute approximate surface area is 170 Å². The van der Waals surface area contributed by atoms with Gasteiger partial charge in [0.15, 0.2) is 0 Å². The van der Waals surface area contributed by atoms with Crippen LogP contribution in [0.15, 0.2) is 39.0 Å². The number of aromatic nitrogens is 3. The standard InChI is InChI=1S/C17H17N5O5S2/c1-11-18-14(10-28-11)16-20-21-17(27-16)19-15(23)12-2-4-13(5-3-12)29(24,25)22-6-8-26-9-7-22/h2-5,10H,6-9H2,1H3,(H,19,21,23). The fraction of sp³-hybridized carbons (Fsp3) is 0.294. The van der Waals surface area contributed by atoms with E-state index in [1.54, 1.807) is 5.38 Å². The third kappa shape index (κ3) is 4.19. The molecule has 10 nitrogen and oxygen atoms in total. The lowest BCUT2D eigenvalue weighted by Crippen LogP contribution is -2.40. The lowest BCUT2D eigenvalue weighted by atomic mass is 10.2. The molecule has 152 valence electrons. The number of hydrogen-bond donors (Lipinski definition) is 1. The molecule has 0 radical (unpaired) electrons. The van der Waals surface area contributed by atoms with Crippen molar-refractivity contribution in [3.63, 3.8) is 0 Å². The van der Waals surface area contributed by atoms with E-state index in [2.05, 4.69) is 20.5 Å². The van der Waals surface area contributed by atoms with Crippen molar-refractivity contribution in [3.05, 3.63) is 40.2 Å². The molecule has 3 aromatic rings. The maximum absolute atomic E-state index is 12.6. The number of morpholine rings is 1. The molecular formula is C17H17N5O5S2. The molecule has 1 aliphatic rings. The number of benzene rings is 1. The van der Waals surface area contributed by atoms with Crippen molar-refractivity contribution in [1.82, 2.24) is 19.5 Å². The molecule has 1 N–H and O–H groups in total. The minimum Gasteiger partial charge on any atom is -0.401 e. The molecule has 29 heavy (non-hydrogen) atoms. The average molecular weight is 435 g/mol. The van der Waals surface area contributed by atoms with Gasteiger partial charge in [-0.05, 0) is 31.2 Å². The second kappa shape index (κ2) is 7.99. The summed E-state index contributed by atoms with van der Waals surface area (Å²) in [6.07, 6.45) is 0. The van der Waals surface area contributed by atoms with E-state index in [0.717, 1.165) is 5.01 Å². The maximum atomic E-state index is 12.6. The molecule has 2 aromatic heterocycles. The number of nitrogens with zero attached hydrogens (tertiary/aromatic N) is 4. The Bertz CT molecular complexity index is 1120. The van der Waals surface area contributed by atoms with Crippen molar-refractivity contribution in [2.75, 3.05) is 31.6 Å². The molecule has 0 spiro atoms. The summed E-state index contributed by atoms with van der Waals surface area (Å²) >= 11 is 1.45. The molecule has 0 unspecified atom stereocenters. The van der Waals surface area contributed by atoms with Crippen molar-refractivity contribution in [2.24, 2.45) is 0 Å². The highest BCUT2D eigenvalue weighted by atomic mass is 32.2. The number of nitrogens with one attached hydrogen (secondary N) is 1. The van der Waals surface area contributed by atoms with Crippen molar-refractivity contribution >= 4 is 33.3 Å². The van der Waals surface area contributed by atoms with E-state index in [1.165, 1.54) is 39.9 Å². The zero-order chi connectivity index (χ0) is 20.4. The normalized spacial score (nSPS) is 15.3. The highest BCUT2D eigenvalue weighted by molar-refractivity contribution is 7.89. The maximum Gasteiger partial charge on any atom is 0.322 e. The summed E-state index contributed by atoms with van der Waals surface area (Å²) in [5.74, 6) is -0.290. The van der Waals surface area contributed by atoms with Crippen LogP contribution in [0, 0.1) is 6.92 Å². The Morgan fingerprint density at radius 1 is 1.17 bits per heavy atom. The van der Waals surface area contributed by atoms with E-state index in [1.807, 2.05) is 6.92 Å². The van der Waals surface area contributed by atoms with E-state index in [9.17, 15) is 13.2 Å². The lowest BCUT2D eigenvalue weighted by Gasteiger charge is -2.26. The lowest BCUT2D eigenvalue weighted by molar-refractivity contribution is 0.0730. The van der Waals surface area contributed by atoms with Crippen LogP contribution in [-0.4, -0.2) is 60.1 Å². The number of carbonyl (C=O) groups is 1. The molecule has 0 atom stereocenters. The second-order valence-corrected chi connectivity index (χ2v) is 9.16. The summed E-state index contributed by atoms with van der Waals surface area (Å²) in [5, 5.41) is 12.8. The first-order valence-corrected chi connectivity index (χ1v) is 11.0.